The van der Waals surface area contributed by atoms with E-state index in [1.807, 2.05) is 12.1 Å². The number of morpholine rings is 1. The van der Waals surface area contributed by atoms with Crippen molar-refractivity contribution in [3.05, 3.63) is 29.8 Å². The van der Waals surface area contributed by atoms with E-state index in [2.05, 4.69) is 11.0 Å². The molecule has 0 aromatic heterocycles. The molecule has 1 aromatic rings. The average molecular weight is 286 g/mol. The van der Waals surface area contributed by atoms with Crippen LogP contribution in [0.3, 0.4) is 0 Å². The Kier molecular flexibility index (Phi) is 4.74. The molecule has 1 saturated heterocycles. The number of nitrogens with zero attached hydrogens (tertiary/aromatic N) is 2. The van der Waals surface area contributed by atoms with Crippen molar-refractivity contribution in [3.8, 4) is 11.8 Å². The standard InChI is InChI=1S/C17H22N2O2/c18-13-14-5-7-15(8-6-14)20-11-9-19-10-12-21-17-4-2-1-3-16(17)19/h5-8,16-17H,1-4,9-12H2. The number of rotatable bonds is 4. The Bertz CT molecular complexity index is 493. The normalized spacial score (nSPS) is 25.9. The minimum atomic E-state index is 0.433. The molecule has 1 saturated carbocycles. The molecule has 4 heteroatoms. The molecule has 2 unspecified atom stereocenters. The largest absolute Gasteiger partial charge is 0.492 e. The van der Waals surface area contributed by atoms with Crippen LogP contribution >= 0.6 is 0 Å². The molecule has 2 aliphatic rings. The third kappa shape index (κ3) is 3.55. The van der Waals surface area contributed by atoms with E-state index in [1.54, 1.807) is 12.1 Å². The Morgan fingerprint density at radius 2 is 2.05 bits per heavy atom. The van der Waals surface area contributed by atoms with E-state index >= 15 is 0 Å². The fourth-order valence-corrected chi connectivity index (χ4v) is 3.36. The molecular formula is C17H22N2O2. The van der Waals surface area contributed by atoms with Gasteiger partial charge in [0.2, 0.25) is 0 Å². The van der Waals surface area contributed by atoms with Crippen LogP contribution in [-0.4, -0.2) is 43.3 Å². The lowest BCUT2D eigenvalue weighted by Crippen LogP contribution is -2.53. The summed E-state index contributed by atoms with van der Waals surface area (Å²) in [5.41, 5.74) is 0.667. The van der Waals surface area contributed by atoms with E-state index in [1.165, 1.54) is 25.7 Å². The topological polar surface area (TPSA) is 45.5 Å². The van der Waals surface area contributed by atoms with Crippen molar-refractivity contribution in [2.75, 3.05) is 26.3 Å². The quantitative estimate of drug-likeness (QED) is 0.853. The first-order chi connectivity index (χ1) is 10.4. The predicted octanol–water partition coefficient (Wildman–Crippen LogP) is 2.58. The fourth-order valence-electron chi connectivity index (χ4n) is 3.36. The summed E-state index contributed by atoms with van der Waals surface area (Å²) in [5.74, 6) is 0.836. The molecule has 1 heterocycles. The van der Waals surface area contributed by atoms with Gasteiger partial charge in [0, 0.05) is 19.1 Å². The van der Waals surface area contributed by atoms with E-state index in [-0.39, 0.29) is 0 Å². The van der Waals surface area contributed by atoms with Crippen molar-refractivity contribution in [1.29, 1.82) is 5.26 Å². The summed E-state index contributed by atoms with van der Waals surface area (Å²) in [5, 5.41) is 8.78. The molecule has 0 spiro atoms. The highest BCUT2D eigenvalue weighted by molar-refractivity contribution is 5.34. The monoisotopic (exact) mass is 286 g/mol. The number of ether oxygens (including phenoxy) is 2. The Labute approximate surface area is 126 Å². The summed E-state index contributed by atoms with van der Waals surface area (Å²) in [7, 11) is 0. The van der Waals surface area contributed by atoms with Crippen molar-refractivity contribution >= 4 is 0 Å². The van der Waals surface area contributed by atoms with Crippen molar-refractivity contribution in [3.63, 3.8) is 0 Å². The minimum Gasteiger partial charge on any atom is -0.492 e. The zero-order chi connectivity index (χ0) is 14.5. The summed E-state index contributed by atoms with van der Waals surface area (Å²) in [6.45, 7) is 3.50. The average Bonchev–Trinajstić information content (AvgIpc) is 2.56. The van der Waals surface area contributed by atoms with Gasteiger partial charge in [-0.3, -0.25) is 4.90 Å². The van der Waals surface area contributed by atoms with E-state index < -0.39 is 0 Å². The highest BCUT2D eigenvalue weighted by atomic mass is 16.5. The second-order valence-corrected chi connectivity index (χ2v) is 5.78. The molecule has 0 bridgehead atoms. The second-order valence-electron chi connectivity index (χ2n) is 5.78. The van der Waals surface area contributed by atoms with Crippen LogP contribution in [0.5, 0.6) is 5.75 Å². The van der Waals surface area contributed by atoms with Crippen molar-refractivity contribution in [2.45, 2.75) is 37.8 Å². The number of hydrogen-bond acceptors (Lipinski definition) is 4. The summed E-state index contributed by atoms with van der Waals surface area (Å²) >= 11 is 0. The van der Waals surface area contributed by atoms with Gasteiger partial charge in [-0.05, 0) is 37.1 Å². The maximum Gasteiger partial charge on any atom is 0.119 e. The van der Waals surface area contributed by atoms with Crippen molar-refractivity contribution in [1.82, 2.24) is 4.90 Å². The lowest BCUT2D eigenvalue weighted by atomic mass is 9.90. The lowest BCUT2D eigenvalue weighted by Gasteiger charge is -2.43. The van der Waals surface area contributed by atoms with Crippen LogP contribution in [0.4, 0.5) is 0 Å². The minimum absolute atomic E-state index is 0.433. The van der Waals surface area contributed by atoms with Crippen LogP contribution in [0.15, 0.2) is 24.3 Å². The van der Waals surface area contributed by atoms with Crippen LogP contribution in [0.25, 0.3) is 0 Å². The highest BCUT2D eigenvalue weighted by Crippen LogP contribution is 2.28. The van der Waals surface area contributed by atoms with Gasteiger partial charge in [-0.15, -0.1) is 0 Å². The van der Waals surface area contributed by atoms with E-state index in [4.69, 9.17) is 14.7 Å². The van der Waals surface area contributed by atoms with Gasteiger partial charge < -0.3 is 9.47 Å². The summed E-state index contributed by atoms with van der Waals surface area (Å²) in [6, 6.07) is 10.0. The summed E-state index contributed by atoms with van der Waals surface area (Å²) < 4.78 is 11.7. The van der Waals surface area contributed by atoms with Crippen molar-refractivity contribution < 1.29 is 9.47 Å². The Balaban J connectivity index is 1.48. The van der Waals surface area contributed by atoms with E-state index in [9.17, 15) is 0 Å². The number of nitriles is 1. The number of benzene rings is 1. The molecule has 4 nitrogen and oxygen atoms in total. The number of hydrogen-bond donors (Lipinski definition) is 0. The van der Waals surface area contributed by atoms with Gasteiger partial charge in [-0.1, -0.05) is 12.8 Å². The zero-order valence-electron chi connectivity index (χ0n) is 12.3. The van der Waals surface area contributed by atoms with Gasteiger partial charge >= 0.3 is 0 Å². The molecule has 1 aliphatic carbocycles. The van der Waals surface area contributed by atoms with Gasteiger partial charge in [0.15, 0.2) is 0 Å². The fraction of sp³-hybridized carbons (Fsp3) is 0.588. The van der Waals surface area contributed by atoms with Crippen molar-refractivity contribution in [2.24, 2.45) is 0 Å². The lowest BCUT2D eigenvalue weighted by molar-refractivity contribution is -0.0901. The molecular weight excluding hydrogens is 264 g/mol. The Morgan fingerprint density at radius 3 is 2.86 bits per heavy atom. The van der Waals surface area contributed by atoms with Crippen LogP contribution in [-0.2, 0) is 4.74 Å². The maximum atomic E-state index is 8.78. The molecule has 112 valence electrons. The van der Waals surface area contributed by atoms with Gasteiger partial charge in [0.25, 0.3) is 0 Å². The molecule has 0 amide bonds. The third-order valence-electron chi connectivity index (χ3n) is 4.48. The molecule has 2 fully saturated rings. The molecule has 3 rings (SSSR count). The van der Waals surface area contributed by atoms with Gasteiger partial charge in [-0.2, -0.15) is 5.26 Å². The van der Waals surface area contributed by atoms with Crippen LogP contribution < -0.4 is 4.74 Å². The first kappa shape index (κ1) is 14.4. The smallest absolute Gasteiger partial charge is 0.119 e. The van der Waals surface area contributed by atoms with Crippen LogP contribution in [0.2, 0.25) is 0 Å². The van der Waals surface area contributed by atoms with Gasteiger partial charge in [0.1, 0.15) is 12.4 Å². The molecule has 21 heavy (non-hydrogen) atoms. The second kappa shape index (κ2) is 6.93. The predicted molar refractivity (Wildman–Crippen MR) is 80.2 cm³/mol. The molecule has 2 atom stereocenters. The summed E-state index contributed by atoms with van der Waals surface area (Å²) in [6.07, 6.45) is 5.51. The molecule has 1 aromatic carbocycles. The first-order valence-electron chi connectivity index (χ1n) is 7.85. The maximum absolute atomic E-state index is 8.78. The SMILES string of the molecule is N#Cc1ccc(OCCN2CCOC3CCCCC32)cc1. The highest BCUT2D eigenvalue weighted by Gasteiger charge is 2.33. The van der Waals surface area contributed by atoms with E-state index in [0.29, 0.717) is 24.3 Å². The molecule has 0 N–H and O–H groups in total. The van der Waals surface area contributed by atoms with Crippen LogP contribution in [0, 0.1) is 11.3 Å². The Hall–Kier alpha value is -1.57. The third-order valence-corrected chi connectivity index (χ3v) is 4.48. The van der Waals surface area contributed by atoms with E-state index in [0.717, 1.165) is 25.4 Å². The van der Waals surface area contributed by atoms with Crippen LogP contribution in [0.1, 0.15) is 31.2 Å². The van der Waals surface area contributed by atoms with Gasteiger partial charge in [0.05, 0.1) is 24.3 Å². The zero-order valence-corrected chi connectivity index (χ0v) is 12.3. The Morgan fingerprint density at radius 1 is 1.24 bits per heavy atom. The first-order valence-corrected chi connectivity index (χ1v) is 7.85. The number of fused-ring (bicyclic) bond motifs is 1. The summed E-state index contributed by atoms with van der Waals surface area (Å²) in [4.78, 5) is 2.52. The molecule has 1 aliphatic heterocycles. The molecule has 0 radical (unpaired) electrons. The van der Waals surface area contributed by atoms with Gasteiger partial charge in [-0.25, -0.2) is 0 Å².